The van der Waals surface area contributed by atoms with E-state index >= 15 is 0 Å². The average Bonchev–Trinajstić information content (AvgIpc) is 2.97. The van der Waals surface area contributed by atoms with E-state index in [1.54, 1.807) is 7.11 Å². The highest BCUT2D eigenvalue weighted by molar-refractivity contribution is 5.68. The van der Waals surface area contributed by atoms with E-state index in [-0.39, 0.29) is 29.4 Å². The maximum atomic E-state index is 11.6. The maximum absolute atomic E-state index is 11.6. The van der Waals surface area contributed by atoms with Crippen molar-refractivity contribution in [3.05, 3.63) is 35.4 Å². The Kier molecular flexibility index (Phi) is 3.18. The zero-order valence-electron chi connectivity index (χ0n) is 14.8. The maximum Gasteiger partial charge on any atom is 0.303 e. The molecule has 0 N–H and O–H groups in total. The summed E-state index contributed by atoms with van der Waals surface area (Å²) in [7, 11) is 1.64. The zero-order valence-corrected chi connectivity index (χ0v) is 14.8. The number of rotatable bonds is 3. The molecule has 2 heterocycles. The highest BCUT2D eigenvalue weighted by atomic mass is 16.6. The molecule has 1 spiro atoms. The Morgan fingerprint density at radius 2 is 2.23 bits per heavy atom. The number of carbonyl (C=O) groups excluding carboxylic acids is 2. The second-order valence-corrected chi connectivity index (χ2v) is 7.56. The molecule has 1 saturated heterocycles. The zero-order chi connectivity index (χ0) is 18.1. The molecule has 0 aromatic heterocycles. The van der Waals surface area contributed by atoms with Gasteiger partial charge in [-0.1, -0.05) is 12.1 Å². The van der Waals surface area contributed by atoms with Crippen LogP contribution in [0.5, 0.6) is 11.5 Å². The number of esters is 1. The Balaban J connectivity index is 1.73. The second kappa shape index (κ2) is 5.25. The number of hydrogen-bond acceptors (Lipinski definition) is 5. The fraction of sp³-hybridized carbons (Fsp3) is 0.500. The lowest BCUT2D eigenvalue weighted by Gasteiger charge is -2.56. The van der Waals surface area contributed by atoms with Crippen LogP contribution < -0.4 is 9.47 Å². The van der Waals surface area contributed by atoms with Crippen LogP contribution in [0, 0.1) is 5.92 Å². The van der Waals surface area contributed by atoms with E-state index in [0.717, 1.165) is 25.0 Å². The average molecular weight is 355 g/mol. The van der Waals surface area contributed by atoms with Crippen LogP contribution in [0.4, 0.5) is 0 Å². The molecular weight excluding hydrogens is 334 g/mol. The summed E-state index contributed by atoms with van der Waals surface area (Å²) in [6.45, 7) is 2.10. The summed E-state index contributed by atoms with van der Waals surface area (Å²) in [6, 6.07) is 4.12. The standard InChI is InChI=1S/C20H21NO5/c1-11(23)25-16-6-4-13-14-9-12-3-5-15(24-2)18-17(12)20(13,19(16)26-18)7-8-21(14)10-22/h3-6,10,13-14,16,19H,7-9H2,1-2H3/t13-,14-,16-,19-,20+/m1/s1. The predicted molar refractivity (Wildman–Crippen MR) is 92.2 cm³/mol. The van der Waals surface area contributed by atoms with Crippen molar-refractivity contribution in [1.29, 1.82) is 0 Å². The van der Waals surface area contributed by atoms with Gasteiger partial charge in [0.2, 0.25) is 6.41 Å². The third-order valence-electron chi connectivity index (χ3n) is 6.54. The Hall–Kier alpha value is -2.50. The van der Waals surface area contributed by atoms with E-state index in [2.05, 4.69) is 12.1 Å². The number of methoxy groups -OCH3 is 1. The van der Waals surface area contributed by atoms with Gasteiger partial charge in [0.1, 0.15) is 6.10 Å². The van der Waals surface area contributed by atoms with Gasteiger partial charge in [-0.25, -0.2) is 0 Å². The molecule has 2 aliphatic heterocycles. The first kappa shape index (κ1) is 15.7. The first-order valence-electron chi connectivity index (χ1n) is 9.03. The van der Waals surface area contributed by atoms with E-state index in [9.17, 15) is 9.59 Å². The number of piperidine rings is 1. The van der Waals surface area contributed by atoms with Crippen molar-refractivity contribution in [2.75, 3.05) is 13.7 Å². The normalized spacial score (nSPS) is 35.4. The minimum absolute atomic E-state index is 0.105. The van der Waals surface area contributed by atoms with Crippen LogP contribution in [0.25, 0.3) is 0 Å². The first-order chi connectivity index (χ1) is 12.6. The van der Waals surface area contributed by atoms with Gasteiger partial charge in [0.15, 0.2) is 17.6 Å². The minimum atomic E-state index is -0.435. The number of likely N-dealkylation sites (tertiary alicyclic amines) is 1. The largest absolute Gasteiger partial charge is 0.493 e. The molecule has 0 unspecified atom stereocenters. The summed E-state index contributed by atoms with van der Waals surface area (Å²) in [5.74, 6) is 1.32. The van der Waals surface area contributed by atoms with Crippen LogP contribution in [-0.2, 0) is 26.2 Å². The fourth-order valence-corrected chi connectivity index (χ4v) is 5.64. The molecule has 1 aromatic rings. The number of hydrogen-bond donors (Lipinski definition) is 0. The van der Waals surface area contributed by atoms with Crippen LogP contribution in [0.1, 0.15) is 24.5 Å². The number of carbonyl (C=O) groups is 2. The molecule has 0 saturated carbocycles. The van der Waals surface area contributed by atoms with Gasteiger partial charge in [0.25, 0.3) is 0 Å². The van der Waals surface area contributed by atoms with Crippen LogP contribution in [0.2, 0.25) is 0 Å². The van der Waals surface area contributed by atoms with Crippen molar-refractivity contribution < 1.29 is 23.8 Å². The number of benzene rings is 1. The monoisotopic (exact) mass is 355 g/mol. The quantitative estimate of drug-likeness (QED) is 0.468. The molecular formula is C20H21NO5. The van der Waals surface area contributed by atoms with E-state index in [4.69, 9.17) is 14.2 Å². The van der Waals surface area contributed by atoms with Crippen molar-refractivity contribution >= 4 is 12.4 Å². The van der Waals surface area contributed by atoms with Gasteiger partial charge < -0.3 is 19.1 Å². The first-order valence-corrected chi connectivity index (χ1v) is 9.03. The summed E-state index contributed by atoms with van der Waals surface area (Å²) in [6.07, 6.45) is 5.89. The van der Waals surface area contributed by atoms with Crippen molar-refractivity contribution in [1.82, 2.24) is 4.90 Å². The lowest BCUT2D eigenvalue weighted by molar-refractivity contribution is -0.152. The molecule has 5 atom stereocenters. The molecule has 2 aliphatic carbocycles. The van der Waals surface area contributed by atoms with Crippen molar-refractivity contribution in [3.8, 4) is 11.5 Å². The summed E-state index contributed by atoms with van der Waals surface area (Å²) in [4.78, 5) is 25.2. The third kappa shape index (κ3) is 1.77. The van der Waals surface area contributed by atoms with Gasteiger partial charge in [-0.2, -0.15) is 0 Å². The lowest BCUT2D eigenvalue weighted by Crippen LogP contribution is -2.65. The van der Waals surface area contributed by atoms with Gasteiger partial charge in [-0.05, 0) is 30.5 Å². The Morgan fingerprint density at radius 1 is 1.38 bits per heavy atom. The van der Waals surface area contributed by atoms with Crippen LogP contribution in [-0.4, -0.2) is 49.2 Å². The molecule has 0 radical (unpaired) electrons. The molecule has 6 nitrogen and oxygen atoms in total. The van der Waals surface area contributed by atoms with Crippen LogP contribution in [0.15, 0.2) is 24.3 Å². The van der Waals surface area contributed by atoms with Gasteiger partial charge in [-0.15, -0.1) is 0 Å². The second-order valence-electron chi connectivity index (χ2n) is 7.56. The lowest BCUT2D eigenvalue weighted by atomic mass is 9.53. The Morgan fingerprint density at radius 3 is 2.96 bits per heavy atom. The van der Waals surface area contributed by atoms with Gasteiger partial charge >= 0.3 is 5.97 Å². The SMILES string of the molecule is COc1ccc2c3c1O[C@@H]1[C@H](OC(C)=O)C=C[C@@H]4[C@@H](C2)N(C=O)CC[C@@]341. The van der Waals surface area contributed by atoms with Crippen molar-refractivity contribution in [2.24, 2.45) is 5.92 Å². The minimum Gasteiger partial charge on any atom is -0.493 e. The topological polar surface area (TPSA) is 65.1 Å². The summed E-state index contributed by atoms with van der Waals surface area (Å²) < 4.78 is 17.6. The van der Waals surface area contributed by atoms with Crippen LogP contribution >= 0.6 is 0 Å². The van der Waals surface area contributed by atoms with Gasteiger partial charge in [0, 0.05) is 31.0 Å². The van der Waals surface area contributed by atoms with E-state index < -0.39 is 6.10 Å². The predicted octanol–water partition coefficient (Wildman–Crippen LogP) is 1.60. The van der Waals surface area contributed by atoms with Crippen molar-refractivity contribution in [3.63, 3.8) is 0 Å². The van der Waals surface area contributed by atoms with Crippen LogP contribution in [0.3, 0.4) is 0 Å². The summed E-state index contributed by atoms with van der Waals surface area (Å²) in [5, 5.41) is 0. The summed E-state index contributed by atoms with van der Waals surface area (Å²) in [5.41, 5.74) is 2.11. The van der Waals surface area contributed by atoms with E-state index in [0.29, 0.717) is 12.3 Å². The molecule has 4 aliphatic rings. The van der Waals surface area contributed by atoms with E-state index in [1.165, 1.54) is 18.1 Å². The molecule has 6 heteroatoms. The summed E-state index contributed by atoms with van der Waals surface area (Å²) >= 11 is 0. The highest BCUT2D eigenvalue weighted by Crippen LogP contribution is 2.62. The number of amides is 1. The molecule has 5 rings (SSSR count). The smallest absolute Gasteiger partial charge is 0.303 e. The molecule has 2 bridgehead atoms. The molecule has 1 aromatic carbocycles. The Bertz CT molecular complexity index is 834. The van der Waals surface area contributed by atoms with Gasteiger partial charge in [0.05, 0.1) is 12.5 Å². The Labute approximate surface area is 151 Å². The van der Waals surface area contributed by atoms with Crippen molar-refractivity contribution in [2.45, 2.75) is 43.4 Å². The number of ether oxygens (including phenoxy) is 3. The number of nitrogens with zero attached hydrogens (tertiary/aromatic N) is 1. The van der Waals surface area contributed by atoms with Gasteiger partial charge in [-0.3, -0.25) is 9.59 Å². The molecule has 1 amide bonds. The molecule has 1 fully saturated rings. The fourth-order valence-electron chi connectivity index (χ4n) is 5.64. The molecule has 26 heavy (non-hydrogen) atoms. The third-order valence-corrected chi connectivity index (χ3v) is 6.54. The highest BCUT2D eigenvalue weighted by Gasteiger charge is 2.65. The molecule has 136 valence electrons. The van der Waals surface area contributed by atoms with E-state index in [1.807, 2.05) is 17.0 Å².